The number of aliphatic hydroxyl groups is 1. The van der Waals surface area contributed by atoms with Gasteiger partial charge in [0.25, 0.3) is 5.91 Å². The number of rotatable bonds is 9. The van der Waals surface area contributed by atoms with E-state index < -0.39 is 5.79 Å². The van der Waals surface area contributed by atoms with E-state index in [-0.39, 0.29) is 5.91 Å². The molecule has 33 heavy (non-hydrogen) atoms. The van der Waals surface area contributed by atoms with E-state index in [0.29, 0.717) is 49.8 Å². The van der Waals surface area contributed by atoms with Gasteiger partial charge in [0.15, 0.2) is 0 Å². The SMILES string of the molecule is CNCC[C@@](O)(Oc1ccc(CN2CCNc3cc(OC)ncc3C2=O)cc1)c1cccs1. The molecule has 9 heteroatoms. The monoisotopic (exact) mass is 468 g/mol. The number of nitrogens with zero attached hydrogens (tertiary/aromatic N) is 2. The molecule has 0 radical (unpaired) electrons. The van der Waals surface area contributed by atoms with Gasteiger partial charge in [-0.3, -0.25) is 4.79 Å². The van der Waals surface area contributed by atoms with Crippen molar-refractivity contribution < 1.29 is 19.4 Å². The summed E-state index contributed by atoms with van der Waals surface area (Å²) in [6.45, 7) is 2.27. The van der Waals surface area contributed by atoms with Crippen LogP contribution < -0.4 is 20.1 Å². The first-order valence-corrected chi connectivity index (χ1v) is 11.7. The summed E-state index contributed by atoms with van der Waals surface area (Å²) in [6.07, 6.45) is 1.97. The molecule has 8 nitrogen and oxygen atoms in total. The van der Waals surface area contributed by atoms with Crippen molar-refractivity contribution in [2.75, 3.05) is 39.1 Å². The number of benzene rings is 1. The number of nitrogens with one attached hydrogen (secondary N) is 2. The van der Waals surface area contributed by atoms with Crippen LogP contribution in [0, 0.1) is 0 Å². The van der Waals surface area contributed by atoms with Gasteiger partial charge in [-0.2, -0.15) is 0 Å². The molecule has 2 aromatic heterocycles. The quantitative estimate of drug-likeness (QED) is 0.416. The lowest BCUT2D eigenvalue weighted by Crippen LogP contribution is -2.35. The highest BCUT2D eigenvalue weighted by molar-refractivity contribution is 7.10. The minimum absolute atomic E-state index is 0.0791. The van der Waals surface area contributed by atoms with E-state index in [1.54, 1.807) is 24.3 Å². The van der Waals surface area contributed by atoms with Gasteiger partial charge in [0.2, 0.25) is 11.7 Å². The summed E-state index contributed by atoms with van der Waals surface area (Å²) < 4.78 is 11.2. The Labute approximate surface area is 197 Å². The molecule has 0 spiro atoms. The Morgan fingerprint density at radius 2 is 2.12 bits per heavy atom. The zero-order valence-corrected chi connectivity index (χ0v) is 19.5. The number of thiophene rings is 1. The van der Waals surface area contributed by atoms with Crippen LogP contribution in [0.4, 0.5) is 5.69 Å². The van der Waals surface area contributed by atoms with Crippen molar-refractivity contribution in [3.05, 3.63) is 70.0 Å². The third-order valence-corrected chi connectivity index (χ3v) is 6.51. The van der Waals surface area contributed by atoms with E-state index in [1.807, 2.05) is 48.8 Å². The van der Waals surface area contributed by atoms with Crippen LogP contribution in [0.2, 0.25) is 0 Å². The molecule has 3 heterocycles. The van der Waals surface area contributed by atoms with E-state index in [0.717, 1.165) is 16.1 Å². The van der Waals surface area contributed by atoms with E-state index in [2.05, 4.69) is 15.6 Å². The zero-order valence-electron chi connectivity index (χ0n) is 18.7. The summed E-state index contributed by atoms with van der Waals surface area (Å²) in [5.41, 5.74) is 2.22. The van der Waals surface area contributed by atoms with Crippen LogP contribution in [0.5, 0.6) is 11.6 Å². The fourth-order valence-corrected chi connectivity index (χ4v) is 4.50. The van der Waals surface area contributed by atoms with Crippen LogP contribution >= 0.6 is 11.3 Å². The minimum atomic E-state index is -1.40. The number of carbonyl (C=O) groups excluding carboxylic acids is 1. The third kappa shape index (κ3) is 5.27. The number of fused-ring (bicyclic) bond motifs is 1. The lowest BCUT2D eigenvalue weighted by atomic mass is 10.1. The molecule has 1 aliphatic rings. The first-order chi connectivity index (χ1) is 16.0. The van der Waals surface area contributed by atoms with Crippen molar-refractivity contribution in [3.8, 4) is 11.6 Å². The maximum Gasteiger partial charge on any atom is 0.257 e. The lowest BCUT2D eigenvalue weighted by Gasteiger charge is -2.28. The van der Waals surface area contributed by atoms with Crippen LogP contribution in [0.15, 0.2) is 54.0 Å². The number of hydrogen-bond acceptors (Lipinski definition) is 8. The molecule has 0 fully saturated rings. The second kappa shape index (κ2) is 10.2. The van der Waals surface area contributed by atoms with Crippen LogP contribution in [-0.2, 0) is 12.3 Å². The standard InChI is InChI=1S/C24H28N4O4S/c1-25-10-9-24(30,21-4-3-13-33-21)32-18-7-5-17(6-8-18)16-28-12-11-26-20-14-22(31-2)27-15-19(20)23(28)29/h3-8,13-15,25-26,30H,9-12,16H2,1-2H3/t24-/m1/s1. The predicted octanol–water partition coefficient (Wildman–Crippen LogP) is 3.05. The molecule has 0 saturated heterocycles. The largest absolute Gasteiger partial charge is 0.481 e. The lowest BCUT2D eigenvalue weighted by molar-refractivity contribution is -0.147. The van der Waals surface area contributed by atoms with Gasteiger partial charge in [-0.15, -0.1) is 11.3 Å². The average molecular weight is 469 g/mol. The Bertz CT molecular complexity index is 1070. The molecule has 3 aromatic rings. The van der Waals surface area contributed by atoms with Crippen molar-refractivity contribution in [2.45, 2.75) is 18.8 Å². The molecular weight excluding hydrogens is 440 g/mol. The highest BCUT2D eigenvalue weighted by Gasteiger charge is 2.32. The highest BCUT2D eigenvalue weighted by atomic mass is 32.1. The maximum atomic E-state index is 13.1. The molecule has 0 bridgehead atoms. The molecule has 0 aliphatic carbocycles. The Kier molecular flexibility index (Phi) is 7.12. The first kappa shape index (κ1) is 23.0. The molecular formula is C24H28N4O4S. The van der Waals surface area contributed by atoms with Gasteiger partial charge in [-0.25, -0.2) is 4.98 Å². The average Bonchev–Trinajstić information content (AvgIpc) is 3.34. The minimum Gasteiger partial charge on any atom is -0.481 e. The topological polar surface area (TPSA) is 95.9 Å². The van der Waals surface area contributed by atoms with Crippen LogP contribution in [-0.4, -0.2) is 54.7 Å². The highest BCUT2D eigenvalue weighted by Crippen LogP contribution is 2.32. The molecule has 3 N–H and O–H groups in total. The third-order valence-electron chi connectivity index (χ3n) is 5.51. The smallest absolute Gasteiger partial charge is 0.257 e. The van der Waals surface area contributed by atoms with Crippen LogP contribution in [0.3, 0.4) is 0 Å². The summed E-state index contributed by atoms with van der Waals surface area (Å²) in [6, 6.07) is 13.0. The van der Waals surface area contributed by atoms with Gasteiger partial charge in [0.05, 0.1) is 23.2 Å². The molecule has 4 rings (SSSR count). The molecule has 0 saturated carbocycles. The molecule has 1 aliphatic heterocycles. The van der Waals surface area contributed by atoms with Gasteiger partial charge in [0, 0.05) is 44.9 Å². The van der Waals surface area contributed by atoms with Gasteiger partial charge >= 0.3 is 0 Å². The van der Waals surface area contributed by atoms with Gasteiger partial charge < -0.3 is 30.1 Å². The van der Waals surface area contributed by atoms with Crippen molar-refractivity contribution in [3.63, 3.8) is 0 Å². The normalized spacial score (nSPS) is 15.2. The molecule has 1 aromatic carbocycles. The van der Waals surface area contributed by atoms with Gasteiger partial charge in [-0.05, 0) is 36.2 Å². The fourth-order valence-electron chi connectivity index (χ4n) is 3.71. The van der Waals surface area contributed by atoms with Gasteiger partial charge in [0.1, 0.15) is 5.75 Å². The molecule has 0 unspecified atom stereocenters. The molecule has 1 atom stereocenters. The molecule has 174 valence electrons. The second-order valence-corrected chi connectivity index (χ2v) is 8.73. The second-order valence-electron chi connectivity index (χ2n) is 7.79. The van der Waals surface area contributed by atoms with E-state index >= 15 is 0 Å². The van der Waals surface area contributed by atoms with E-state index in [4.69, 9.17) is 9.47 Å². The Hall–Kier alpha value is -3.14. The number of amides is 1. The molecule has 1 amide bonds. The van der Waals surface area contributed by atoms with Crippen LogP contribution in [0.1, 0.15) is 27.2 Å². The number of hydrogen-bond donors (Lipinski definition) is 3. The number of aromatic nitrogens is 1. The van der Waals surface area contributed by atoms with Crippen molar-refractivity contribution in [1.29, 1.82) is 0 Å². The summed E-state index contributed by atoms with van der Waals surface area (Å²) in [5.74, 6) is -0.445. The predicted molar refractivity (Wildman–Crippen MR) is 128 cm³/mol. The van der Waals surface area contributed by atoms with Crippen molar-refractivity contribution >= 4 is 22.9 Å². The Morgan fingerprint density at radius 1 is 1.30 bits per heavy atom. The number of ether oxygens (including phenoxy) is 2. The maximum absolute atomic E-state index is 13.1. The summed E-state index contributed by atoms with van der Waals surface area (Å²) in [4.78, 5) is 19.8. The van der Waals surface area contributed by atoms with E-state index in [9.17, 15) is 9.90 Å². The van der Waals surface area contributed by atoms with Gasteiger partial charge in [-0.1, -0.05) is 18.2 Å². The number of carbonyl (C=O) groups is 1. The van der Waals surface area contributed by atoms with E-state index in [1.165, 1.54) is 11.3 Å². The number of anilines is 1. The summed E-state index contributed by atoms with van der Waals surface area (Å²) >= 11 is 1.46. The Balaban J connectivity index is 1.46. The van der Waals surface area contributed by atoms with Crippen molar-refractivity contribution in [1.82, 2.24) is 15.2 Å². The van der Waals surface area contributed by atoms with Crippen LogP contribution in [0.25, 0.3) is 0 Å². The first-order valence-electron chi connectivity index (χ1n) is 10.8. The van der Waals surface area contributed by atoms with Crippen molar-refractivity contribution in [2.24, 2.45) is 0 Å². The number of methoxy groups -OCH3 is 1. The summed E-state index contributed by atoms with van der Waals surface area (Å²) in [7, 11) is 3.39. The number of pyridine rings is 1. The zero-order chi connectivity index (χ0) is 23.3. The Morgan fingerprint density at radius 3 is 2.82 bits per heavy atom. The fraction of sp³-hybridized carbons (Fsp3) is 0.333. The summed E-state index contributed by atoms with van der Waals surface area (Å²) in [5, 5.41) is 19.4.